The summed E-state index contributed by atoms with van der Waals surface area (Å²) in [6.45, 7) is 5.03. The molecule has 1 aliphatic heterocycles. The van der Waals surface area contributed by atoms with Gasteiger partial charge in [-0.05, 0) is 85.8 Å². The van der Waals surface area contributed by atoms with E-state index in [1.807, 2.05) is 32.2 Å². The highest BCUT2D eigenvalue weighted by Gasteiger charge is 2.40. The number of aliphatic hydroxyl groups is 1. The van der Waals surface area contributed by atoms with Gasteiger partial charge in [-0.15, -0.1) is 11.3 Å². The Morgan fingerprint density at radius 3 is 2.73 bits per heavy atom. The topological polar surface area (TPSA) is 123 Å². The number of aromatic nitrogens is 3. The first-order valence-electron chi connectivity index (χ1n) is 13.5. The predicted molar refractivity (Wildman–Crippen MR) is 157 cm³/mol. The van der Waals surface area contributed by atoms with Gasteiger partial charge >= 0.3 is 0 Å². The summed E-state index contributed by atoms with van der Waals surface area (Å²) in [7, 11) is 2.10. The number of thiophene rings is 1. The van der Waals surface area contributed by atoms with Crippen LogP contribution in [0.25, 0.3) is 11.3 Å². The van der Waals surface area contributed by atoms with E-state index in [0.29, 0.717) is 34.4 Å². The number of amides is 1. The predicted octanol–water partition coefficient (Wildman–Crippen LogP) is 5.41. The van der Waals surface area contributed by atoms with Gasteiger partial charge in [-0.25, -0.2) is 14.5 Å². The molecule has 0 spiro atoms. The number of likely N-dealkylation sites (tertiary alicyclic amines) is 1. The summed E-state index contributed by atoms with van der Waals surface area (Å²) in [5.41, 5.74) is 2.28. The molecule has 11 heteroatoms. The summed E-state index contributed by atoms with van der Waals surface area (Å²) < 4.78 is 14.7. The van der Waals surface area contributed by atoms with Gasteiger partial charge in [-0.2, -0.15) is 5.10 Å². The molecule has 3 aromatic heterocycles. The van der Waals surface area contributed by atoms with Crippen molar-refractivity contribution in [2.75, 3.05) is 24.2 Å². The van der Waals surface area contributed by atoms with E-state index in [1.165, 1.54) is 29.5 Å². The number of carbonyl (C=O) groups excluding carboxylic acids is 1. The zero-order valence-corrected chi connectivity index (χ0v) is 23.8. The SMILES string of the molecule is CN1CCCC1c1ccc(Nc2cc(-c3ccc(F)c(NC(=O)c4cc5c(s4)CC(C)(C)C5O)c3)n[nH]c2=O)nc1. The number of nitrogens with one attached hydrogen (secondary N) is 3. The van der Waals surface area contributed by atoms with Crippen LogP contribution in [0.2, 0.25) is 0 Å². The lowest BCUT2D eigenvalue weighted by Crippen LogP contribution is -2.18. The Hall–Kier alpha value is -3.93. The zero-order chi connectivity index (χ0) is 28.9. The monoisotopic (exact) mass is 574 g/mol. The van der Waals surface area contributed by atoms with Crippen LogP contribution in [0.15, 0.2) is 53.5 Å². The van der Waals surface area contributed by atoms with Crippen molar-refractivity contribution in [3.8, 4) is 11.3 Å². The minimum absolute atomic E-state index is 0.0152. The van der Waals surface area contributed by atoms with E-state index in [1.54, 1.807) is 12.1 Å². The number of carbonyl (C=O) groups is 1. The average Bonchev–Trinajstić information content (AvgIpc) is 3.62. The van der Waals surface area contributed by atoms with Crippen molar-refractivity contribution < 1.29 is 14.3 Å². The van der Waals surface area contributed by atoms with Crippen molar-refractivity contribution in [1.29, 1.82) is 0 Å². The minimum atomic E-state index is -0.647. The number of aromatic amines is 1. The zero-order valence-electron chi connectivity index (χ0n) is 23.0. The maximum absolute atomic E-state index is 14.7. The van der Waals surface area contributed by atoms with Crippen LogP contribution in [-0.2, 0) is 6.42 Å². The highest BCUT2D eigenvalue weighted by atomic mass is 32.1. The van der Waals surface area contributed by atoms with Crippen LogP contribution in [0.5, 0.6) is 0 Å². The molecule has 2 atom stereocenters. The first-order chi connectivity index (χ1) is 19.6. The molecule has 1 fully saturated rings. The molecular weight excluding hydrogens is 543 g/mol. The fraction of sp³-hybridized carbons (Fsp3) is 0.333. The second kappa shape index (κ2) is 10.5. The number of anilines is 3. The number of fused-ring (bicyclic) bond motifs is 1. The van der Waals surface area contributed by atoms with Crippen molar-refractivity contribution in [2.45, 2.75) is 45.3 Å². The molecule has 4 heterocycles. The van der Waals surface area contributed by atoms with Gasteiger partial charge in [-0.1, -0.05) is 19.9 Å². The van der Waals surface area contributed by atoms with Crippen LogP contribution < -0.4 is 16.2 Å². The van der Waals surface area contributed by atoms with Gasteiger partial charge in [0.15, 0.2) is 0 Å². The van der Waals surface area contributed by atoms with E-state index < -0.39 is 23.4 Å². The van der Waals surface area contributed by atoms with Crippen molar-refractivity contribution in [2.24, 2.45) is 5.41 Å². The Bertz CT molecular complexity index is 1680. The summed E-state index contributed by atoms with van der Waals surface area (Å²) >= 11 is 1.31. The molecule has 2 aliphatic rings. The molecule has 6 rings (SSSR count). The van der Waals surface area contributed by atoms with Gasteiger partial charge in [0, 0.05) is 22.7 Å². The molecule has 0 bridgehead atoms. The third-order valence-corrected chi connectivity index (χ3v) is 9.13. The quantitative estimate of drug-likeness (QED) is 0.243. The van der Waals surface area contributed by atoms with Gasteiger partial charge in [0.05, 0.1) is 22.4 Å². The van der Waals surface area contributed by atoms with Crippen LogP contribution in [0.1, 0.15) is 64.5 Å². The van der Waals surface area contributed by atoms with Gasteiger partial charge < -0.3 is 15.7 Å². The molecule has 1 saturated heterocycles. The van der Waals surface area contributed by atoms with Crippen LogP contribution >= 0.6 is 11.3 Å². The van der Waals surface area contributed by atoms with E-state index in [4.69, 9.17) is 0 Å². The van der Waals surface area contributed by atoms with Gasteiger partial charge in [0.2, 0.25) is 0 Å². The summed E-state index contributed by atoms with van der Waals surface area (Å²) in [5, 5.41) is 22.9. The molecular formula is C30H31FN6O3S. The molecule has 2 unspecified atom stereocenters. The third-order valence-electron chi connectivity index (χ3n) is 7.98. The lowest BCUT2D eigenvalue weighted by molar-refractivity contribution is 0.0665. The van der Waals surface area contributed by atoms with E-state index in [9.17, 15) is 19.1 Å². The normalized spacial score (nSPS) is 19.7. The first kappa shape index (κ1) is 27.3. The number of pyridine rings is 1. The number of rotatable bonds is 6. The van der Waals surface area contributed by atoms with E-state index in [0.717, 1.165) is 35.4 Å². The number of H-pyrrole nitrogens is 1. The molecule has 1 aliphatic carbocycles. The van der Waals surface area contributed by atoms with Crippen molar-refractivity contribution >= 4 is 34.4 Å². The van der Waals surface area contributed by atoms with Crippen LogP contribution in [0.4, 0.5) is 21.6 Å². The van der Waals surface area contributed by atoms with Crippen molar-refractivity contribution in [1.82, 2.24) is 20.1 Å². The number of hydrogen-bond acceptors (Lipinski definition) is 8. The molecule has 1 amide bonds. The Labute approximate surface area is 240 Å². The fourth-order valence-corrected chi connectivity index (χ4v) is 6.94. The maximum atomic E-state index is 14.7. The summed E-state index contributed by atoms with van der Waals surface area (Å²) in [4.78, 5) is 33.7. The molecule has 4 aromatic rings. The highest BCUT2D eigenvalue weighted by molar-refractivity contribution is 7.14. The van der Waals surface area contributed by atoms with E-state index >= 15 is 0 Å². The number of benzene rings is 1. The van der Waals surface area contributed by atoms with Gasteiger partial charge in [-0.3, -0.25) is 14.5 Å². The number of halogens is 1. The highest BCUT2D eigenvalue weighted by Crippen LogP contribution is 2.48. The second-order valence-electron chi connectivity index (χ2n) is 11.4. The summed E-state index contributed by atoms with van der Waals surface area (Å²) in [6, 6.07) is 11.7. The minimum Gasteiger partial charge on any atom is -0.388 e. The van der Waals surface area contributed by atoms with Crippen LogP contribution in [-0.4, -0.2) is 44.7 Å². The molecule has 41 heavy (non-hydrogen) atoms. The average molecular weight is 575 g/mol. The van der Waals surface area contributed by atoms with Crippen LogP contribution in [0.3, 0.4) is 0 Å². The standard InChI is InChI=1S/C30H31FN6O3S/c1-30(2)14-25-18(27(30)38)12-24(41-25)29(40)34-21-11-16(6-8-19(21)31)20-13-22(28(39)36-35-20)33-26-9-7-17(15-32-26)23-5-4-10-37(23)3/h6-9,11-13,15,23,27,38H,4-5,10,14H2,1-3H3,(H,34,40)(H,36,39)(H,32,33,35). The van der Waals surface area contributed by atoms with Gasteiger partial charge in [0.1, 0.15) is 17.3 Å². The fourth-order valence-electron chi connectivity index (χ4n) is 5.61. The Balaban J connectivity index is 1.20. The number of nitrogens with zero attached hydrogens (tertiary/aromatic N) is 3. The molecule has 1 aromatic carbocycles. The summed E-state index contributed by atoms with van der Waals surface area (Å²) in [5.74, 6) is -0.548. The molecule has 4 N–H and O–H groups in total. The lowest BCUT2D eigenvalue weighted by atomic mass is 9.88. The van der Waals surface area contributed by atoms with E-state index in [2.05, 4.69) is 37.8 Å². The first-order valence-corrected chi connectivity index (χ1v) is 14.4. The van der Waals surface area contributed by atoms with Gasteiger partial charge in [0.25, 0.3) is 11.5 Å². The number of aliphatic hydroxyl groups excluding tert-OH is 1. The Morgan fingerprint density at radius 2 is 2.02 bits per heavy atom. The largest absolute Gasteiger partial charge is 0.388 e. The Kier molecular flexibility index (Phi) is 6.96. The van der Waals surface area contributed by atoms with Crippen molar-refractivity contribution in [3.05, 3.63) is 85.7 Å². The molecule has 0 saturated carbocycles. The summed E-state index contributed by atoms with van der Waals surface area (Å²) in [6.07, 6.45) is 4.10. The smallest absolute Gasteiger partial charge is 0.287 e. The lowest BCUT2D eigenvalue weighted by Gasteiger charge is -2.22. The molecule has 9 nitrogen and oxygen atoms in total. The Morgan fingerprint density at radius 1 is 1.20 bits per heavy atom. The second-order valence-corrected chi connectivity index (χ2v) is 12.6. The molecule has 212 valence electrons. The third kappa shape index (κ3) is 5.28. The number of hydrogen-bond donors (Lipinski definition) is 4. The maximum Gasteiger partial charge on any atom is 0.287 e. The van der Waals surface area contributed by atoms with Crippen molar-refractivity contribution in [3.63, 3.8) is 0 Å². The molecule has 0 radical (unpaired) electrons. The van der Waals surface area contributed by atoms with Crippen LogP contribution in [0, 0.1) is 11.2 Å². The van der Waals surface area contributed by atoms with E-state index in [-0.39, 0.29) is 16.8 Å².